The van der Waals surface area contributed by atoms with Crippen LogP contribution in [0.25, 0.3) is 0 Å². The lowest BCUT2D eigenvalue weighted by molar-refractivity contribution is -0.193. The molecule has 0 aromatic carbocycles. The molecule has 0 saturated carbocycles. The van der Waals surface area contributed by atoms with Crippen LogP contribution in [0.1, 0.15) is 20.3 Å². The van der Waals surface area contributed by atoms with Crippen LogP contribution in [-0.2, 0) is 14.4 Å². The summed E-state index contributed by atoms with van der Waals surface area (Å²) in [6.45, 7) is 10.1. The van der Waals surface area contributed by atoms with Crippen LogP contribution in [-0.4, -0.2) is 23.5 Å². The second kappa shape index (κ2) is 5.96. The predicted octanol–water partition coefficient (Wildman–Crippen LogP) is 1.45. The Bertz CT molecular complexity index is 258. The molecule has 0 aliphatic rings. The van der Waals surface area contributed by atoms with Gasteiger partial charge in [-0.2, -0.15) is 5.06 Å². The minimum Gasteiger partial charge on any atom is -0.333 e. The largest absolute Gasteiger partial charge is 0.358 e. The lowest BCUT2D eigenvalue weighted by Gasteiger charge is -2.18. The molecule has 0 heterocycles. The van der Waals surface area contributed by atoms with Crippen molar-refractivity contribution in [1.29, 1.82) is 0 Å². The summed E-state index contributed by atoms with van der Waals surface area (Å²) in [5.41, 5.74) is 0.259. The molecule has 0 fully saturated rings. The monoisotopic (exact) mass is 197 g/mol. The second-order valence-electron chi connectivity index (χ2n) is 2.86. The highest BCUT2D eigenvalue weighted by molar-refractivity contribution is 5.88. The SMILES string of the molecule is C=CCCN(OC(=O)C(=C)C)C(C)=O. The minimum absolute atomic E-state index is 0.259. The summed E-state index contributed by atoms with van der Waals surface area (Å²) in [5.74, 6) is -0.911. The van der Waals surface area contributed by atoms with Crippen LogP contribution in [0.2, 0.25) is 0 Å². The van der Waals surface area contributed by atoms with E-state index in [0.717, 1.165) is 5.06 Å². The molecule has 4 nitrogen and oxygen atoms in total. The fourth-order valence-corrected chi connectivity index (χ4v) is 0.654. The molecular formula is C10H15NO3. The number of hydrogen-bond donors (Lipinski definition) is 0. The zero-order chi connectivity index (χ0) is 11.1. The van der Waals surface area contributed by atoms with Gasteiger partial charge < -0.3 is 4.84 Å². The normalized spacial score (nSPS) is 9.00. The van der Waals surface area contributed by atoms with Gasteiger partial charge in [0.1, 0.15) is 0 Å². The van der Waals surface area contributed by atoms with E-state index in [-0.39, 0.29) is 11.5 Å². The Hall–Kier alpha value is -1.58. The van der Waals surface area contributed by atoms with Gasteiger partial charge in [-0.1, -0.05) is 12.7 Å². The van der Waals surface area contributed by atoms with Crippen molar-refractivity contribution in [2.45, 2.75) is 20.3 Å². The molecule has 0 bridgehead atoms. The molecule has 0 N–H and O–H groups in total. The summed E-state index contributed by atoms with van der Waals surface area (Å²) in [7, 11) is 0. The molecular weight excluding hydrogens is 182 g/mol. The van der Waals surface area contributed by atoms with Crippen LogP contribution in [0.4, 0.5) is 0 Å². The molecule has 0 aliphatic heterocycles. The van der Waals surface area contributed by atoms with Gasteiger partial charge in [-0.15, -0.1) is 6.58 Å². The van der Waals surface area contributed by atoms with Crippen molar-refractivity contribution in [1.82, 2.24) is 5.06 Å². The van der Waals surface area contributed by atoms with E-state index in [4.69, 9.17) is 4.84 Å². The Morgan fingerprint density at radius 3 is 2.36 bits per heavy atom. The fraction of sp³-hybridized carbons (Fsp3) is 0.400. The summed E-state index contributed by atoms with van der Waals surface area (Å²) in [4.78, 5) is 26.8. The molecule has 0 saturated heterocycles. The van der Waals surface area contributed by atoms with Crippen LogP contribution in [0.15, 0.2) is 24.8 Å². The maximum absolute atomic E-state index is 11.1. The number of carbonyl (C=O) groups excluding carboxylic acids is 2. The van der Waals surface area contributed by atoms with E-state index < -0.39 is 5.97 Å². The minimum atomic E-state index is -0.593. The Labute approximate surface area is 83.8 Å². The molecule has 0 atom stereocenters. The van der Waals surface area contributed by atoms with Crippen molar-refractivity contribution >= 4 is 11.9 Å². The first-order valence-corrected chi connectivity index (χ1v) is 4.25. The first kappa shape index (κ1) is 12.4. The molecule has 0 spiro atoms. The second-order valence-corrected chi connectivity index (χ2v) is 2.86. The quantitative estimate of drug-likeness (QED) is 0.389. The van der Waals surface area contributed by atoms with Crippen LogP contribution in [0, 0.1) is 0 Å². The molecule has 0 aliphatic carbocycles. The van der Waals surface area contributed by atoms with E-state index in [1.165, 1.54) is 13.8 Å². The van der Waals surface area contributed by atoms with E-state index in [1.807, 2.05) is 0 Å². The predicted molar refractivity (Wildman–Crippen MR) is 53.1 cm³/mol. The van der Waals surface area contributed by atoms with Gasteiger partial charge in [0.25, 0.3) is 5.91 Å². The standard InChI is InChI=1S/C10H15NO3/c1-5-6-7-11(9(4)12)14-10(13)8(2)3/h5H,1-2,6-7H2,3-4H3. The summed E-state index contributed by atoms with van der Waals surface area (Å²) < 4.78 is 0. The third kappa shape index (κ3) is 4.45. The molecule has 0 unspecified atom stereocenters. The van der Waals surface area contributed by atoms with Crippen LogP contribution in [0.5, 0.6) is 0 Å². The number of nitrogens with zero attached hydrogens (tertiary/aromatic N) is 1. The van der Waals surface area contributed by atoms with Gasteiger partial charge in [0.05, 0.1) is 6.54 Å². The van der Waals surface area contributed by atoms with Gasteiger partial charge in [-0.3, -0.25) is 4.79 Å². The van der Waals surface area contributed by atoms with Crippen molar-refractivity contribution in [3.63, 3.8) is 0 Å². The summed E-state index contributed by atoms with van der Waals surface area (Å²) in [5, 5.41) is 0.999. The van der Waals surface area contributed by atoms with E-state index >= 15 is 0 Å². The maximum Gasteiger partial charge on any atom is 0.358 e. The molecule has 4 heteroatoms. The number of hydrogen-bond acceptors (Lipinski definition) is 3. The van der Waals surface area contributed by atoms with Gasteiger partial charge in [-0.05, 0) is 13.3 Å². The molecule has 1 amide bonds. The number of amides is 1. The maximum atomic E-state index is 11.1. The highest BCUT2D eigenvalue weighted by Crippen LogP contribution is 2.00. The van der Waals surface area contributed by atoms with Gasteiger partial charge >= 0.3 is 5.97 Å². The summed E-state index contributed by atoms with van der Waals surface area (Å²) in [6, 6.07) is 0. The molecule has 0 aromatic heterocycles. The van der Waals surface area contributed by atoms with Gasteiger partial charge in [0, 0.05) is 12.5 Å². The van der Waals surface area contributed by atoms with E-state index in [1.54, 1.807) is 6.08 Å². The average molecular weight is 197 g/mol. The lowest BCUT2D eigenvalue weighted by atomic mass is 10.4. The first-order chi connectivity index (χ1) is 6.49. The number of hydroxylamine groups is 2. The van der Waals surface area contributed by atoms with Crippen molar-refractivity contribution < 1.29 is 14.4 Å². The zero-order valence-corrected chi connectivity index (χ0v) is 8.58. The third-order valence-electron chi connectivity index (χ3n) is 1.43. The third-order valence-corrected chi connectivity index (χ3v) is 1.43. The van der Waals surface area contributed by atoms with Crippen LogP contribution < -0.4 is 0 Å². The van der Waals surface area contributed by atoms with Crippen LogP contribution >= 0.6 is 0 Å². The van der Waals surface area contributed by atoms with Gasteiger partial charge in [0.2, 0.25) is 0 Å². The smallest absolute Gasteiger partial charge is 0.333 e. The molecule has 78 valence electrons. The topological polar surface area (TPSA) is 46.6 Å². The molecule has 0 radical (unpaired) electrons. The number of carbonyl (C=O) groups is 2. The molecule has 14 heavy (non-hydrogen) atoms. The van der Waals surface area contributed by atoms with E-state index in [0.29, 0.717) is 13.0 Å². The van der Waals surface area contributed by atoms with Crippen LogP contribution in [0.3, 0.4) is 0 Å². The average Bonchev–Trinajstić information content (AvgIpc) is 2.10. The van der Waals surface area contributed by atoms with E-state index in [2.05, 4.69) is 13.2 Å². The number of rotatable bonds is 4. The Morgan fingerprint density at radius 1 is 1.43 bits per heavy atom. The van der Waals surface area contributed by atoms with E-state index in [9.17, 15) is 9.59 Å². The Kier molecular flexibility index (Phi) is 5.29. The van der Waals surface area contributed by atoms with Gasteiger partial charge in [-0.25, -0.2) is 4.79 Å². The fourth-order valence-electron chi connectivity index (χ4n) is 0.654. The first-order valence-electron chi connectivity index (χ1n) is 4.25. The Balaban J connectivity index is 4.22. The van der Waals surface area contributed by atoms with Gasteiger partial charge in [0.15, 0.2) is 0 Å². The highest BCUT2D eigenvalue weighted by atomic mass is 16.7. The summed E-state index contributed by atoms with van der Waals surface area (Å²) in [6.07, 6.45) is 2.22. The van der Waals surface area contributed by atoms with Crippen molar-refractivity contribution in [2.75, 3.05) is 6.54 Å². The lowest BCUT2D eigenvalue weighted by Crippen LogP contribution is -2.32. The van der Waals surface area contributed by atoms with Crippen molar-refractivity contribution in [3.05, 3.63) is 24.8 Å². The van der Waals surface area contributed by atoms with Crippen molar-refractivity contribution in [3.8, 4) is 0 Å². The highest BCUT2D eigenvalue weighted by Gasteiger charge is 2.14. The summed E-state index contributed by atoms with van der Waals surface area (Å²) >= 11 is 0. The van der Waals surface area contributed by atoms with Crippen molar-refractivity contribution in [2.24, 2.45) is 0 Å². The molecule has 0 rings (SSSR count). The zero-order valence-electron chi connectivity index (χ0n) is 8.58. The Morgan fingerprint density at radius 2 is 2.00 bits per heavy atom. The molecule has 0 aromatic rings.